The first kappa shape index (κ1) is 7.95. The number of likely N-dealkylation sites (tertiary alicyclic amines) is 1. The second-order valence-corrected chi connectivity index (χ2v) is 2.83. The van der Waals surface area contributed by atoms with Crippen LogP contribution in [0.25, 0.3) is 0 Å². The number of hydrogen-bond donors (Lipinski definition) is 1. The van der Waals surface area contributed by atoms with E-state index in [1.54, 1.807) is 0 Å². The topological polar surface area (TPSA) is 29.3 Å². The predicted molar refractivity (Wildman–Crippen MR) is 39.6 cm³/mol. The Hall–Kier alpha value is -0.150. The molecule has 1 saturated heterocycles. The second-order valence-electron chi connectivity index (χ2n) is 2.83. The van der Waals surface area contributed by atoms with E-state index >= 15 is 0 Å². The van der Waals surface area contributed by atoms with Gasteiger partial charge in [-0.1, -0.05) is 0 Å². The Balaban J connectivity index is 2.18. The summed E-state index contributed by atoms with van der Waals surface area (Å²) in [6.07, 6.45) is 1.11. The third-order valence-corrected chi connectivity index (χ3v) is 1.89. The van der Waals surface area contributed by atoms with E-state index in [1.165, 1.54) is 0 Å². The average molecular weight is 146 g/mol. The molecule has 0 aromatic rings. The van der Waals surface area contributed by atoms with Gasteiger partial charge in [-0.2, -0.15) is 0 Å². The fourth-order valence-electron chi connectivity index (χ4n) is 1.38. The van der Waals surface area contributed by atoms with Crippen LogP contribution in [0.3, 0.4) is 0 Å². The van der Waals surface area contributed by atoms with Crippen LogP contribution < -0.4 is 5.73 Å². The first-order valence-electron chi connectivity index (χ1n) is 3.89. The lowest BCUT2D eigenvalue weighted by atomic mass is 10.1. The fraction of sp³-hybridized carbons (Fsp3) is 1.00. The molecule has 0 aliphatic carbocycles. The molecule has 10 heavy (non-hydrogen) atoms. The molecule has 0 radical (unpaired) electrons. The minimum absolute atomic E-state index is 0.594. The summed E-state index contributed by atoms with van der Waals surface area (Å²) in [7, 11) is 0. The van der Waals surface area contributed by atoms with Gasteiger partial charge in [0.25, 0.3) is 0 Å². The minimum Gasteiger partial charge on any atom is -0.329 e. The molecule has 0 spiro atoms. The summed E-state index contributed by atoms with van der Waals surface area (Å²) in [5.41, 5.74) is 5.34. The van der Waals surface area contributed by atoms with Crippen LogP contribution in [-0.2, 0) is 0 Å². The van der Waals surface area contributed by atoms with Gasteiger partial charge in [-0.05, 0) is 19.4 Å². The lowest BCUT2D eigenvalue weighted by molar-refractivity contribution is 0.142. The van der Waals surface area contributed by atoms with Gasteiger partial charge in [0.15, 0.2) is 0 Å². The van der Waals surface area contributed by atoms with Crippen molar-refractivity contribution in [3.63, 3.8) is 0 Å². The van der Waals surface area contributed by atoms with E-state index in [1.807, 2.05) is 0 Å². The maximum Gasteiger partial charge on any atom is 0.113 e. The zero-order valence-electron chi connectivity index (χ0n) is 6.22. The van der Waals surface area contributed by atoms with E-state index in [0.29, 0.717) is 13.1 Å². The Morgan fingerprint density at radius 2 is 2.40 bits per heavy atom. The molecular weight excluding hydrogens is 131 g/mol. The second kappa shape index (κ2) is 3.88. The van der Waals surface area contributed by atoms with Crippen LogP contribution in [0.5, 0.6) is 0 Å². The highest BCUT2D eigenvalue weighted by atomic mass is 19.1. The fourth-order valence-corrected chi connectivity index (χ4v) is 1.38. The highest BCUT2D eigenvalue weighted by Crippen LogP contribution is 2.11. The molecule has 1 aliphatic rings. The van der Waals surface area contributed by atoms with Crippen molar-refractivity contribution in [3.05, 3.63) is 0 Å². The molecule has 1 aliphatic heterocycles. The summed E-state index contributed by atoms with van der Waals surface area (Å²) in [4.78, 5) is 2.09. The molecule has 0 aromatic heterocycles. The van der Waals surface area contributed by atoms with Gasteiger partial charge < -0.3 is 5.73 Å². The molecule has 1 rings (SSSR count). The van der Waals surface area contributed by atoms with E-state index in [-0.39, 0.29) is 0 Å². The first-order valence-corrected chi connectivity index (χ1v) is 3.89. The molecule has 0 aromatic carbocycles. The number of halogens is 1. The Bertz CT molecular complexity index is 95.6. The van der Waals surface area contributed by atoms with Crippen LogP contribution in [0.2, 0.25) is 0 Å². The van der Waals surface area contributed by atoms with Crippen LogP contribution in [0.4, 0.5) is 4.39 Å². The third kappa shape index (κ3) is 2.23. The van der Waals surface area contributed by atoms with Crippen molar-refractivity contribution in [2.45, 2.75) is 19.0 Å². The largest absolute Gasteiger partial charge is 0.329 e. The van der Waals surface area contributed by atoms with E-state index in [0.717, 1.165) is 25.9 Å². The third-order valence-electron chi connectivity index (χ3n) is 1.89. The zero-order valence-corrected chi connectivity index (χ0v) is 6.22. The van der Waals surface area contributed by atoms with Gasteiger partial charge in [-0.15, -0.1) is 0 Å². The summed E-state index contributed by atoms with van der Waals surface area (Å²) >= 11 is 0. The predicted octanol–water partition coefficient (Wildman–Crippen LogP) is 0.379. The van der Waals surface area contributed by atoms with E-state index < -0.39 is 6.17 Å². The summed E-state index contributed by atoms with van der Waals surface area (Å²) < 4.78 is 12.7. The molecular formula is C7H15FN2. The number of alkyl halides is 1. The quantitative estimate of drug-likeness (QED) is 0.610. The molecule has 2 nitrogen and oxygen atoms in total. The molecule has 0 unspecified atom stereocenters. The molecule has 2 N–H and O–H groups in total. The van der Waals surface area contributed by atoms with Crippen LogP contribution in [0.1, 0.15) is 12.8 Å². The number of hydrogen-bond acceptors (Lipinski definition) is 2. The molecule has 0 bridgehead atoms. The van der Waals surface area contributed by atoms with Crippen molar-refractivity contribution in [1.29, 1.82) is 0 Å². The molecule has 1 atom stereocenters. The monoisotopic (exact) mass is 146 g/mol. The Kier molecular flexibility index (Phi) is 3.09. The molecule has 1 fully saturated rings. The number of piperidine rings is 1. The van der Waals surface area contributed by atoms with Crippen molar-refractivity contribution < 1.29 is 4.39 Å². The number of nitrogens with two attached hydrogens (primary N) is 1. The van der Waals surface area contributed by atoms with Gasteiger partial charge in [-0.25, -0.2) is 4.39 Å². The van der Waals surface area contributed by atoms with Gasteiger partial charge >= 0.3 is 0 Å². The van der Waals surface area contributed by atoms with Gasteiger partial charge in [0.1, 0.15) is 6.17 Å². The molecule has 60 valence electrons. The van der Waals surface area contributed by atoms with Gasteiger partial charge in [0.2, 0.25) is 0 Å². The summed E-state index contributed by atoms with van der Waals surface area (Å²) in [6, 6.07) is 0. The summed E-state index contributed by atoms with van der Waals surface area (Å²) in [5, 5.41) is 0. The minimum atomic E-state index is -0.611. The lowest BCUT2D eigenvalue weighted by Crippen LogP contribution is -2.39. The van der Waals surface area contributed by atoms with Gasteiger partial charge in [0.05, 0.1) is 0 Å². The highest BCUT2D eigenvalue weighted by molar-refractivity contribution is 4.71. The van der Waals surface area contributed by atoms with E-state index in [9.17, 15) is 4.39 Å². The van der Waals surface area contributed by atoms with Crippen molar-refractivity contribution >= 4 is 0 Å². The Labute approximate surface area is 61.2 Å². The SMILES string of the molecule is NCCN1CCC[C@@H](F)C1. The average Bonchev–Trinajstić information content (AvgIpc) is 1.88. The van der Waals surface area contributed by atoms with Crippen molar-refractivity contribution in [2.24, 2.45) is 5.73 Å². The molecule has 1 heterocycles. The Morgan fingerprint density at radius 3 is 3.00 bits per heavy atom. The van der Waals surface area contributed by atoms with Crippen molar-refractivity contribution in [3.8, 4) is 0 Å². The number of rotatable bonds is 2. The lowest BCUT2D eigenvalue weighted by Gasteiger charge is -2.28. The smallest absolute Gasteiger partial charge is 0.113 e. The van der Waals surface area contributed by atoms with Crippen LogP contribution in [0.15, 0.2) is 0 Å². The van der Waals surface area contributed by atoms with E-state index in [4.69, 9.17) is 5.73 Å². The van der Waals surface area contributed by atoms with Crippen molar-refractivity contribution in [1.82, 2.24) is 4.90 Å². The number of nitrogens with zero attached hydrogens (tertiary/aromatic N) is 1. The molecule has 0 amide bonds. The van der Waals surface area contributed by atoms with Gasteiger partial charge in [-0.3, -0.25) is 4.90 Å². The maximum absolute atomic E-state index is 12.7. The molecule has 0 saturated carbocycles. The normalized spacial score (nSPS) is 28.8. The summed E-state index contributed by atoms with van der Waals surface area (Å²) in [6.45, 7) is 3.11. The van der Waals surface area contributed by atoms with E-state index in [2.05, 4.69) is 4.90 Å². The van der Waals surface area contributed by atoms with Gasteiger partial charge in [0, 0.05) is 19.6 Å². The molecule has 3 heteroatoms. The summed E-state index contributed by atoms with van der Waals surface area (Å²) in [5.74, 6) is 0. The standard InChI is InChI=1S/C7H15FN2/c8-7-2-1-4-10(6-7)5-3-9/h7H,1-6,9H2/t7-/m1/s1. The van der Waals surface area contributed by atoms with Crippen LogP contribution >= 0.6 is 0 Å². The first-order chi connectivity index (χ1) is 4.83. The maximum atomic E-state index is 12.7. The highest BCUT2D eigenvalue weighted by Gasteiger charge is 2.17. The van der Waals surface area contributed by atoms with Crippen LogP contribution in [0, 0.1) is 0 Å². The Morgan fingerprint density at radius 1 is 1.60 bits per heavy atom. The van der Waals surface area contributed by atoms with Crippen molar-refractivity contribution in [2.75, 3.05) is 26.2 Å². The van der Waals surface area contributed by atoms with Crippen LogP contribution in [-0.4, -0.2) is 37.3 Å². The zero-order chi connectivity index (χ0) is 7.40.